The minimum Gasteiger partial charge on any atom is -0.512 e. The molecule has 2 aromatic heterocycles. The van der Waals surface area contributed by atoms with E-state index in [0.717, 1.165) is 56.4 Å². The first-order chi connectivity index (χ1) is 24.0. The number of esters is 1. The van der Waals surface area contributed by atoms with E-state index in [0.29, 0.717) is 11.4 Å². The number of nitrogens with zero attached hydrogens (tertiary/aromatic N) is 2. The first-order valence-corrected chi connectivity index (χ1v) is 16.3. The van der Waals surface area contributed by atoms with Crippen molar-refractivity contribution in [3.8, 4) is 22.3 Å². The molecule has 1 atom stereocenters. The van der Waals surface area contributed by atoms with Crippen LogP contribution in [0, 0.1) is 99.8 Å². The Bertz CT molecular complexity index is 2170. The molecule has 0 aliphatic carbocycles. The topological polar surface area (TPSA) is 93.7 Å². The summed E-state index contributed by atoms with van der Waals surface area (Å²) in [6, 6.07) is 28.2. The molecule has 7 nitrogen and oxygen atoms in total. The number of methoxy groups -OCH3 is 1. The Morgan fingerprint density at radius 3 is 1.63 bits per heavy atom. The predicted molar refractivity (Wildman–Crippen MR) is 193 cm³/mol. The Morgan fingerprint density at radius 1 is 0.731 bits per heavy atom. The average molecular weight is 1130 g/mol. The molecular formula is C41H40Ac2F2N2O5. The summed E-state index contributed by atoms with van der Waals surface area (Å²) in [5, 5.41) is 23.1. The Labute approximate surface area is 373 Å². The summed E-state index contributed by atoms with van der Waals surface area (Å²) >= 11 is 0. The molecule has 0 fully saturated rings. The number of aliphatic hydroxyl groups is 2. The number of halogens is 2. The zero-order chi connectivity index (χ0) is 36.1. The van der Waals surface area contributed by atoms with Gasteiger partial charge in [-0.3, -0.25) is 4.79 Å². The van der Waals surface area contributed by atoms with Crippen molar-refractivity contribution in [2.75, 3.05) is 7.11 Å². The quantitative estimate of drug-likeness (QED) is 0.0652. The van der Waals surface area contributed by atoms with Crippen molar-refractivity contribution >= 4 is 34.1 Å². The Hall–Kier alpha value is -2.66. The summed E-state index contributed by atoms with van der Waals surface area (Å²) in [5.41, 5.74) is 6.43. The van der Waals surface area contributed by atoms with E-state index < -0.39 is 12.1 Å². The summed E-state index contributed by atoms with van der Waals surface area (Å²) in [5.74, 6) is -1.60. The van der Waals surface area contributed by atoms with Crippen LogP contribution in [0.4, 0.5) is 8.78 Å². The smallest absolute Gasteiger partial charge is 0.333 e. The fourth-order valence-corrected chi connectivity index (χ4v) is 6.51. The molecule has 6 aromatic rings. The molecule has 6 rings (SSSR count). The molecule has 0 aliphatic heterocycles. The molecule has 11 heteroatoms. The third-order valence-electron chi connectivity index (χ3n) is 8.51. The minimum absolute atomic E-state index is 0. The molecule has 264 valence electrons. The molecule has 0 bridgehead atoms. The second-order valence-electron chi connectivity index (χ2n) is 12.5. The number of para-hydroxylation sites is 2. The number of rotatable bonds is 9. The number of hydrogen-bond acceptors (Lipinski definition) is 5. The molecule has 52 heavy (non-hydrogen) atoms. The molecule has 4 aromatic carbocycles. The SMILES string of the molecule is CC(C)n1c(C=O)c(-c2ccc(F)cc2)c2ccccc21.COC(=O)/C=C(\O)CC(O)c1c(-c2ccc(F)cc2)c2ccccc2n1C(C)C.[Ac].[Ac]. The van der Waals surface area contributed by atoms with Crippen molar-refractivity contribution in [3.63, 3.8) is 0 Å². The second-order valence-corrected chi connectivity index (χ2v) is 12.5. The molecule has 2 radical (unpaired) electrons. The van der Waals surface area contributed by atoms with E-state index in [2.05, 4.69) is 4.74 Å². The maximum atomic E-state index is 13.5. The minimum atomic E-state index is -1.09. The van der Waals surface area contributed by atoms with E-state index in [1.807, 2.05) is 85.4 Å². The zero-order valence-corrected chi connectivity index (χ0v) is 39.2. The van der Waals surface area contributed by atoms with E-state index in [4.69, 9.17) is 0 Å². The van der Waals surface area contributed by atoms with Gasteiger partial charge in [0.1, 0.15) is 23.5 Å². The van der Waals surface area contributed by atoms with Gasteiger partial charge in [0.15, 0.2) is 6.29 Å². The molecule has 0 spiro atoms. The molecule has 2 heterocycles. The van der Waals surface area contributed by atoms with Crippen molar-refractivity contribution in [2.24, 2.45) is 0 Å². The third-order valence-corrected chi connectivity index (χ3v) is 8.51. The van der Waals surface area contributed by atoms with Crippen LogP contribution in [0.1, 0.15) is 68.5 Å². The van der Waals surface area contributed by atoms with Crippen LogP contribution in [-0.2, 0) is 9.53 Å². The molecular weight excluding hydrogens is 1090 g/mol. The van der Waals surface area contributed by atoms with Crippen molar-refractivity contribution < 1.29 is 121 Å². The van der Waals surface area contributed by atoms with Crippen LogP contribution in [-0.4, -0.2) is 38.7 Å². The van der Waals surface area contributed by atoms with Crippen LogP contribution in [0.3, 0.4) is 0 Å². The number of ether oxygens (including phenoxy) is 1. The monoisotopic (exact) mass is 1130 g/mol. The number of carbonyl (C=O) groups is 2. The van der Waals surface area contributed by atoms with Gasteiger partial charge >= 0.3 is 5.97 Å². The maximum absolute atomic E-state index is 13.5. The van der Waals surface area contributed by atoms with Gasteiger partial charge in [0, 0.05) is 140 Å². The Kier molecular flexibility index (Phi) is 16.5. The van der Waals surface area contributed by atoms with Gasteiger partial charge in [-0.1, -0.05) is 60.7 Å². The van der Waals surface area contributed by atoms with E-state index in [1.54, 1.807) is 24.3 Å². The van der Waals surface area contributed by atoms with Crippen LogP contribution < -0.4 is 0 Å². The van der Waals surface area contributed by atoms with Crippen LogP contribution in [0.15, 0.2) is 109 Å². The van der Waals surface area contributed by atoms with Crippen molar-refractivity contribution in [3.05, 3.63) is 132 Å². The first-order valence-electron chi connectivity index (χ1n) is 16.3. The van der Waals surface area contributed by atoms with Gasteiger partial charge in [0.05, 0.1) is 24.6 Å². The average Bonchev–Trinajstić information content (AvgIpc) is 3.63. The molecule has 0 aliphatic rings. The number of hydrogen-bond donors (Lipinski definition) is 2. The van der Waals surface area contributed by atoms with Gasteiger partial charge in [-0.05, 0) is 75.2 Å². The van der Waals surface area contributed by atoms with Crippen LogP contribution in [0.2, 0.25) is 0 Å². The van der Waals surface area contributed by atoms with Crippen molar-refractivity contribution in [1.29, 1.82) is 0 Å². The summed E-state index contributed by atoms with van der Waals surface area (Å²) < 4.78 is 35.2. The van der Waals surface area contributed by atoms with Crippen LogP contribution >= 0.6 is 0 Å². The van der Waals surface area contributed by atoms with Crippen molar-refractivity contribution in [2.45, 2.75) is 52.3 Å². The summed E-state index contributed by atoms with van der Waals surface area (Å²) in [7, 11) is 1.21. The second kappa shape index (κ2) is 19.6. The van der Waals surface area contributed by atoms with E-state index in [1.165, 1.54) is 31.4 Å². The van der Waals surface area contributed by atoms with E-state index in [9.17, 15) is 28.6 Å². The fraction of sp³-hybridized carbons (Fsp3) is 0.220. The predicted octanol–water partition coefficient (Wildman–Crippen LogP) is 9.91. The molecule has 0 amide bonds. The molecule has 0 saturated carbocycles. The fourth-order valence-electron chi connectivity index (χ4n) is 6.51. The summed E-state index contributed by atoms with van der Waals surface area (Å²) in [4.78, 5) is 23.1. The molecule has 1 unspecified atom stereocenters. The molecule has 0 saturated heterocycles. The van der Waals surface area contributed by atoms with Gasteiger partial charge < -0.3 is 24.1 Å². The van der Waals surface area contributed by atoms with Gasteiger partial charge in [-0.2, -0.15) is 0 Å². The van der Waals surface area contributed by atoms with Crippen molar-refractivity contribution in [1.82, 2.24) is 9.13 Å². The number of aromatic nitrogens is 2. The number of fused-ring (bicyclic) bond motifs is 2. The van der Waals surface area contributed by atoms with E-state index in [-0.39, 0.29) is 124 Å². The van der Waals surface area contributed by atoms with Crippen LogP contribution in [0.5, 0.6) is 0 Å². The van der Waals surface area contributed by atoms with Gasteiger partial charge in [-0.25, -0.2) is 13.6 Å². The number of aldehydes is 1. The zero-order valence-electron chi connectivity index (χ0n) is 29.8. The third kappa shape index (κ3) is 9.52. The van der Waals surface area contributed by atoms with E-state index >= 15 is 0 Å². The standard InChI is InChI=1S/C23H24FNO4.C18H16FNO.2Ac/c1-14(2)25-19-7-5-4-6-18(19)22(15-8-10-16(24)11-9-15)23(25)20(27)12-17(26)13-21(28)29-3;1-12(2)20-16-6-4-3-5-15(16)18(17(20)11-21)13-7-9-14(19)10-8-13;;/h4-11,13-14,20,26-27H,12H2,1-3H3;3-12H,1-2H3;;/b17-13-;;;. The summed E-state index contributed by atoms with van der Waals surface area (Å²) in [6.07, 6.45) is 0.583. The van der Waals surface area contributed by atoms with Gasteiger partial charge in [0.25, 0.3) is 0 Å². The first kappa shape index (κ1) is 43.7. The number of carbonyl (C=O) groups excluding carboxylic acids is 2. The Morgan fingerprint density at radius 2 is 1.17 bits per heavy atom. The van der Waals surface area contributed by atoms with Gasteiger partial charge in [-0.15, -0.1) is 0 Å². The maximum Gasteiger partial charge on any atom is 0.333 e. The number of benzene rings is 4. The Balaban J connectivity index is 0.000000282. The van der Waals surface area contributed by atoms with Crippen LogP contribution in [0.25, 0.3) is 44.1 Å². The summed E-state index contributed by atoms with van der Waals surface area (Å²) in [6.45, 7) is 8.10. The molecule has 2 N–H and O–H groups in total. The normalized spacial score (nSPS) is 11.8. The largest absolute Gasteiger partial charge is 0.512 e. The number of aliphatic hydroxyl groups excluding tert-OH is 2. The van der Waals surface area contributed by atoms with Gasteiger partial charge in [0.2, 0.25) is 0 Å².